The van der Waals surface area contributed by atoms with E-state index in [-0.39, 0.29) is 5.54 Å². The van der Waals surface area contributed by atoms with Crippen molar-refractivity contribution in [3.8, 4) is 0 Å². The molecule has 3 N–H and O–H groups in total. The Labute approximate surface area is 122 Å². The molecule has 2 heterocycles. The van der Waals surface area contributed by atoms with Crippen molar-refractivity contribution in [3.63, 3.8) is 0 Å². The van der Waals surface area contributed by atoms with Gasteiger partial charge in [-0.15, -0.1) is 0 Å². The molecule has 0 atom stereocenters. The van der Waals surface area contributed by atoms with E-state index in [1.54, 1.807) is 23.9 Å². The second kappa shape index (κ2) is 5.46. The SMILES string of the molecule is NC(=O)c1cccc(NC2=NC3(CCOCC3)CS2)c1. The number of aliphatic imine (C=N–C) groups is 1. The van der Waals surface area contributed by atoms with Crippen molar-refractivity contribution in [3.05, 3.63) is 29.8 Å². The van der Waals surface area contributed by atoms with Crippen LogP contribution in [0.5, 0.6) is 0 Å². The van der Waals surface area contributed by atoms with Crippen LogP contribution in [0.4, 0.5) is 5.69 Å². The third kappa shape index (κ3) is 2.81. The van der Waals surface area contributed by atoms with Crippen LogP contribution in [0.15, 0.2) is 29.3 Å². The molecule has 1 spiro atoms. The lowest BCUT2D eigenvalue weighted by atomic mass is 9.93. The van der Waals surface area contributed by atoms with E-state index in [1.165, 1.54) is 0 Å². The van der Waals surface area contributed by atoms with Gasteiger partial charge >= 0.3 is 0 Å². The molecule has 6 heteroatoms. The average Bonchev–Trinajstić information content (AvgIpc) is 2.82. The number of amides is 1. The summed E-state index contributed by atoms with van der Waals surface area (Å²) in [6, 6.07) is 7.18. The molecule has 1 amide bonds. The van der Waals surface area contributed by atoms with E-state index in [1.807, 2.05) is 12.1 Å². The van der Waals surface area contributed by atoms with Crippen LogP contribution in [0.1, 0.15) is 23.2 Å². The first-order chi connectivity index (χ1) is 9.67. The summed E-state index contributed by atoms with van der Waals surface area (Å²) in [6.45, 7) is 1.57. The zero-order valence-corrected chi connectivity index (χ0v) is 11.9. The number of thioether (sulfide) groups is 1. The topological polar surface area (TPSA) is 76.7 Å². The molecule has 2 aliphatic rings. The molecule has 20 heavy (non-hydrogen) atoms. The molecular formula is C14H17N3O2S. The van der Waals surface area contributed by atoms with Gasteiger partial charge in [-0.1, -0.05) is 17.8 Å². The van der Waals surface area contributed by atoms with E-state index in [9.17, 15) is 4.79 Å². The van der Waals surface area contributed by atoms with Gasteiger partial charge in [0.1, 0.15) is 0 Å². The normalized spacial score (nSPS) is 20.7. The molecule has 106 valence electrons. The van der Waals surface area contributed by atoms with Crippen molar-refractivity contribution in [2.45, 2.75) is 18.4 Å². The number of primary amides is 1. The molecule has 5 nitrogen and oxygen atoms in total. The fourth-order valence-electron chi connectivity index (χ4n) is 2.43. The number of benzene rings is 1. The molecular weight excluding hydrogens is 274 g/mol. The number of carbonyl (C=O) groups excluding carboxylic acids is 1. The van der Waals surface area contributed by atoms with Crippen molar-refractivity contribution in [1.29, 1.82) is 0 Å². The standard InChI is InChI=1S/C14H17N3O2S/c15-12(18)10-2-1-3-11(8-10)16-13-17-14(9-20-13)4-6-19-7-5-14/h1-3,8H,4-7,9H2,(H2,15,18)(H,16,17). The summed E-state index contributed by atoms with van der Waals surface area (Å²) in [5.74, 6) is 0.573. The zero-order valence-electron chi connectivity index (χ0n) is 11.1. The Morgan fingerprint density at radius 3 is 2.95 bits per heavy atom. The molecule has 0 bridgehead atoms. The van der Waals surface area contributed by atoms with Gasteiger partial charge in [0.15, 0.2) is 5.17 Å². The summed E-state index contributed by atoms with van der Waals surface area (Å²) >= 11 is 1.72. The van der Waals surface area contributed by atoms with Crippen molar-refractivity contribution in [1.82, 2.24) is 0 Å². The highest BCUT2D eigenvalue weighted by Gasteiger charge is 2.37. The summed E-state index contributed by atoms with van der Waals surface area (Å²) in [5, 5.41) is 4.18. The van der Waals surface area contributed by atoms with E-state index >= 15 is 0 Å². The van der Waals surface area contributed by atoms with Crippen LogP contribution in [-0.2, 0) is 4.74 Å². The van der Waals surface area contributed by atoms with Gasteiger partial charge in [0.25, 0.3) is 0 Å². The largest absolute Gasteiger partial charge is 0.381 e. The van der Waals surface area contributed by atoms with Gasteiger partial charge < -0.3 is 15.8 Å². The maximum Gasteiger partial charge on any atom is 0.248 e. The highest BCUT2D eigenvalue weighted by Crippen LogP contribution is 2.36. The second-order valence-electron chi connectivity index (χ2n) is 5.11. The number of carbonyl (C=O) groups is 1. The predicted octanol–water partition coefficient (Wildman–Crippen LogP) is 1.85. The number of amidine groups is 1. The minimum Gasteiger partial charge on any atom is -0.381 e. The lowest BCUT2D eigenvalue weighted by Gasteiger charge is -2.29. The lowest BCUT2D eigenvalue weighted by Crippen LogP contribution is -2.34. The van der Waals surface area contributed by atoms with Gasteiger partial charge in [-0.2, -0.15) is 0 Å². The van der Waals surface area contributed by atoms with Crippen molar-refractivity contribution >= 4 is 28.5 Å². The van der Waals surface area contributed by atoms with Gasteiger partial charge in [-0.3, -0.25) is 9.79 Å². The highest BCUT2D eigenvalue weighted by atomic mass is 32.2. The molecule has 0 aliphatic carbocycles. The molecule has 0 aromatic heterocycles. The maximum atomic E-state index is 11.2. The van der Waals surface area contributed by atoms with E-state index in [2.05, 4.69) is 5.32 Å². The highest BCUT2D eigenvalue weighted by molar-refractivity contribution is 8.14. The van der Waals surface area contributed by atoms with Gasteiger partial charge in [0.05, 0.1) is 5.54 Å². The Kier molecular flexibility index (Phi) is 3.67. The minimum atomic E-state index is -0.421. The van der Waals surface area contributed by atoms with Gasteiger partial charge in [-0.25, -0.2) is 0 Å². The quantitative estimate of drug-likeness (QED) is 0.872. The average molecular weight is 291 g/mol. The predicted molar refractivity (Wildman–Crippen MR) is 81.3 cm³/mol. The van der Waals surface area contributed by atoms with E-state index in [4.69, 9.17) is 15.5 Å². The smallest absolute Gasteiger partial charge is 0.248 e. The molecule has 3 rings (SSSR count). The molecule has 1 fully saturated rings. The van der Waals surface area contributed by atoms with Crippen molar-refractivity contribution in [2.24, 2.45) is 10.7 Å². The number of nitrogens with two attached hydrogens (primary N) is 1. The minimum absolute atomic E-state index is 0.0343. The molecule has 0 unspecified atom stereocenters. The fourth-order valence-corrected chi connectivity index (χ4v) is 3.63. The zero-order chi connectivity index (χ0) is 14.0. The summed E-state index contributed by atoms with van der Waals surface area (Å²) in [6.07, 6.45) is 1.96. The number of anilines is 1. The number of nitrogens with zero attached hydrogens (tertiary/aromatic N) is 1. The van der Waals surface area contributed by atoms with Gasteiger partial charge in [0.2, 0.25) is 5.91 Å². The summed E-state index contributed by atoms with van der Waals surface area (Å²) < 4.78 is 5.40. The number of hydrogen-bond acceptors (Lipinski definition) is 5. The lowest BCUT2D eigenvalue weighted by molar-refractivity contribution is 0.0624. The third-order valence-corrected chi connectivity index (χ3v) is 4.79. The third-order valence-electron chi connectivity index (χ3n) is 3.64. The Balaban J connectivity index is 1.73. The van der Waals surface area contributed by atoms with Crippen molar-refractivity contribution < 1.29 is 9.53 Å². The van der Waals surface area contributed by atoms with E-state index in [0.29, 0.717) is 5.56 Å². The van der Waals surface area contributed by atoms with Crippen LogP contribution in [0.3, 0.4) is 0 Å². The first kappa shape index (κ1) is 13.5. The fraction of sp³-hybridized carbons (Fsp3) is 0.429. The van der Waals surface area contributed by atoms with Gasteiger partial charge in [0, 0.05) is 30.2 Å². The number of rotatable bonds is 2. The van der Waals surface area contributed by atoms with Crippen LogP contribution >= 0.6 is 11.8 Å². The van der Waals surface area contributed by atoms with Crippen LogP contribution in [0.25, 0.3) is 0 Å². The first-order valence-corrected chi connectivity index (χ1v) is 7.63. The maximum absolute atomic E-state index is 11.2. The molecule has 1 saturated heterocycles. The first-order valence-electron chi connectivity index (χ1n) is 6.64. The summed E-state index contributed by atoms with van der Waals surface area (Å²) in [7, 11) is 0. The van der Waals surface area contributed by atoms with Crippen LogP contribution in [0.2, 0.25) is 0 Å². The molecule has 2 aliphatic heterocycles. The van der Waals surface area contributed by atoms with Crippen LogP contribution in [-0.4, -0.2) is 35.6 Å². The number of ether oxygens (including phenoxy) is 1. The van der Waals surface area contributed by atoms with E-state index in [0.717, 1.165) is 42.7 Å². The number of nitrogens with one attached hydrogen (secondary N) is 1. The summed E-state index contributed by atoms with van der Waals surface area (Å²) in [5.41, 5.74) is 6.66. The van der Waals surface area contributed by atoms with Crippen molar-refractivity contribution in [2.75, 3.05) is 24.3 Å². The Hall–Kier alpha value is -1.53. The molecule has 1 aromatic rings. The monoisotopic (exact) mass is 291 g/mol. The summed E-state index contributed by atoms with van der Waals surface area (Å²) in [4.78, 5) is 16.0. The second-order valence-corrected chi connectivity index (χ2v) is 6.08. The molecule has 0 radical (unpaired) electrons. The van der Waals surface area contributed by atoms with E-state index < -0.39 is 5.91 Å². The van der Waals surface area contributed by atoms with Gasteiger partial charge in [-0.05, 0) is 31.0 Å². The molecule has 1 aromatic carbocycles. The number of hydrogen-bond donors (Lipinski definition) is 2. The van der Waals surface area contributed by atoms with Crippen LogP contribution < -0.4 is 11.1 Å². The molecule has 0 saturated carbocycles. The Morgan fingerprint density at radius 2 is 2.20 bits per heavy atom. The Morgan fingerprint density at radius 1 is 1.40 bits per heavy atom. The van der Waals surface area contributed by atoms with Crippen LogP contribution in [0, 0.1) is 0 Å². The Bertz CT molecular complexity index is 553.